The minimum atomic E-state index is -0.411. The molecule has 0 saturated heterocycles. The summed E-state index contributed by atoms with van der Waals surface area (Å²) in [5.74, 6) is -0.872. The molecule has 0 aliphatic carbocycles. The van der Waals surface area contributed by atoms with E-state index in [0.29, 0.717) is 0 Å². The monoisotopic (exact) mass is 238 g/mol. The molecule has 0 radical (unpaired) electrons. The zero-order chi connectivity index (χ0) is 12.8. The van der Waals surface area contributed by atoms with E-state index in [1.807, 2.05) is 6.92 Å². The predicted molar refractivity (Wildman–Crippen MR) is 67.2 cm³/mol. The van der Waals surface area contributed by atoms with Crippen molar-refractivity contribution in [2.75, 3.05) is 11.9 Å². The van der Waals surface area contributed by atoms with Crippen molar-refractivity contribution in [3.8, 4) is 0 Å². The molecule has 0 aliphatic rings. The van der Waals surface area contributed by atoms with E-state index >= 15 is 0 Å². The van der Waals surface area contributed by atoms with Crippen LogP contribution in [0.15, 0.2) is 18.2 Å². The fourth-order valence-electron chi connectivity index (χ4n) is 1.66. The molecule has 3 nitrogen and oxygen atoms in total. The number of amides is 1. The molecule has 17 heavy (non-hydrogen) atoms. The topological polar surface area (TPSA) is 55.1 Å². The van der Waals surface area contributed by atoms with E-state index < -0.39 is 5.82 Å². The van der Waals surface area contributed by atoms with Gasteiger partial charge in [-0.05, 0) is 31.0 Å². The van der Waals surface area contributed by atoms with Crippen molar-refractivity contribution in [1.29, 1.82) is 0 Å². The predicted octanol–water partition coefficient (Wildman–Crippen LogP) is 2.45. The maximum atomic E-state index is 13.5. The average Bonchev–Trinajstić information content (AvgIpc) is 2.29. The van der Waals surface area contributed by atoms with Gasteiger partial charge in [0.05, 0.1) is 11.6 Å². The van der Waals surface area contributed by atoms with Crippen LogP contribution in [-0.2, 0) is 4.79 Å². The van der Waals surface area contributed by atoms with Gasteiger partial charge in [-0.1, -0.05) is 19.4 Å². The fraction of sp³-hybridized carbons (Fsp3) is 0.462. The Bertz CT molecular complexity index is 393. The standard InChI is InChI=1S/C13H19FN2O/c1-3-4-10(8-15)13(17)16-12-6-5-9(2)7-11(12)14/h5-7,10H,3-4,8,15H2,1-2H3,(H,16,17). The van der Waals surface area contributed by atoms with Crippen LogP contribution in [0, 0.1) is 18.7 Å². The lowest BCUT2D eigenvalue weighted by atomic mass is 10.0. The summed E-state index contributed by atoms with van der Waals surface area (Å²) in [6, 6.07) is 4.73. The van der Waals surface area contributed by atoms with Crippen LogP contribution < -0.4 is 11.1 Å². The Kier molecular flexibility index (Phi) is 5.10. The van der Waals surface area contributed by atoms with Gasteiger partial charge in [0.25, 0.3) is 0 Å². The number of rotatable bonds is 5. The molecule has 1 aromatic rings. The van der Waals surface area contributed by atoms with Crippen LogP contribution in [-0.4, -0.2) is 12.5 Å². The van der Waals surface area contributed by atoms with Crippen molar-refractivity contribution in [2.24, 2.45) is 11.7 Å². The molecule has 0 bridgehead atoms. The Morgan fingerprint density at radius 3 is 2.76 bits per heavy atom. The normalized spacial score (nSPS) is 12.2. The molecule has 94 valence electrons. The maximum Gasteiger partial charge on any atom is 0.228 e. The molecule has 0 aliphatic heterocycles. The molecule has 1 unspecified atom stereocenters. The highest BCUT2D eigenvalue weighted by molar-refractivity contribution is 5.92. The molecule has 3 N–H and O–H groups in total. The number of halogens is 1. The van der Waals surface area contributed by atoms with Crippen LogP contribution in [0.3, 0.4) is 0 Å². The lowest BCUT2D eigenvalue weighted by Crippen LogP contribution is -2.29. The molecule has 4 heteroatoms. The Labute approximate surface area is 101 Å². The quantitative estimate of drug-likeness (QED) is 0.827. The first-order valence-electron chi connectivity index (χ1n) is 5.85. The molecule has 1 aromatic carbocycles. The second kappa shape index (κ2) is 6.35. The number of aryl methyl sites for hydroxylation is 1. The highest BCUT2D eigenvalue weighted by Crippen LogP contribution is 2.17. The molecular weight excluding hydrogens is 219 g/mol. The molecule has 0 fully saturated rings. The van der Waals surface area contributed by atoms with E-state index in [-0.39, 0.29) is 24.1 Å². The molecule has 1 rings (SSSR count). The number of nitrogens with two attached hydrogens (primary N) is 1. The van der Waals surface area contributed by atoms with Crippen LogP contribution in [0.5, 0.6) is 0 Å². The summed E-state index contributed by atoms with van der Waals surface area (Å²) in [6.45, 7) is 4.07. The van der Waals surface area contributed by atoms with E-state index in [4.69, 9.17) is 5.73 Å². The number of hydrogen-bond acceptors (Lipinski definition) is 2. The van der Waals surface area contributed by atoms with Gasteiger partial charge < -0.3 is 11.1 Å². The first kappa shape index (κ1) is 13.6. The Morgan fingerprint density at radius 2 is 2.24 bits per heavy atom. The summed E-state index contributed by atoms with van der Waals surface area (Å²) in [5.41, 5.74) is 6.56. The first-order valence-corrected chi connectivity index (χ1v) is 5.85. The minimum Gasteiger partial charge on any atom is -0.330 e. The Hall–Kier alpha value is -1.42. The average molecular weight is 238 g/mol. The number of carbonyl (C=O) groups is 1. The number of benzene rings is 1. The van der Waals surface area contributed by atoms with Crippen LogP contribution in [0.1, 0.15) is 25.3 Å². The van der Waals surface area contributed by atoms with Gasteiger partial charge >= 0.3 is 0 Å². The van der Waals surface area contributed by atoms with Gasteiger partial charge in [0.15, 0.2) is 0 Å². The van der Waals surface area contributed by atoms with Crippen LogP contribution in [0.25, 0.3) is 0 Å². The van der Waals surface area contributed by atoms with E-state index in [1.165, 1.54) is 6.07 Å². The number of anilines is 1. The largest absolute Gasteiger partial charge is 0.330 e. The molecule has 0 spiro atoms. The van der Waals surface area contributed by atoms with Crippen molar-refractivity contribution in [3.05, 3.63) is 29.6 Å². The Morgan fingerprint density at radius 1 is 1.53 bits per heavy atom. The van der Waals surface area contributed by atoms with Crippen molar-refractivity contribution in [1.82, 2.24) is 0 Å². The summed E-state index contributed by atoms with van der Waals surface area (Å²) in [5, 5.41) is 2.58. The summed E-state index contributed by atoms with van der Waals surface area (Å²) >= 11 is 0. The maximum absolute atomic E-state index is 13.5. The van der Waals surface area contributed by atoms with Crippen molar-refractivity contribution < 1.29 is 9.18 Å². The van der Waals surface area contributed by atoms with Gasteiger partial charge in [-0.25, -0.2) is 4.39 Å². The van der Waals surface area contributed by atoms with Crippen molar-refractivity contribution in [2.45, 2.75) is 26.7 Å². The third-order valence-electron chi connectivity index (χ3n) is 2.67. The van der Waals surface area contributed by atoms with Gasteiger partial charge in [-0.3, -0.25) is 4.79 Å². The van der Waals surface area contributed by atoms with E-state index in [9.17, 15) is 9.18 Å². The van der Waals surface area contributed by atoms with Gasteiger partial charge in [0, 0.05) is 6.54 Å². The van der Waals surface area contributed by atoms with Gasteiger partial charge in [-0.2, -0.15) is 0 Å². The number of nitrogens with one attached hydrogen (secondary N) is 1. The number of hydrogen-bond donors (Lipinski definition) is 2. The summed E-state index contributed by atoms with van der Waals surface area (Å²) in [6.07, 6.45) is 1.60. The third kappa shape index (κ3) is 3.82. The molecular formula is C13H19FN2O. The smallest absolute Gasteiger partial charge is 0.228 e. The lowest BCUT2D eigenvalue weighted by molar-refractivity contribution is -0.119. The fourth-order valence-corrected chi connectivity index (χ4v) is 1.66. The van der Waals surface area contributed by atoms with E-state index in [2.05, 4.69) is 5.32 Å². The first-order chi connectivity index (χ1) is 8.08. The summed E-state index contributed by atoms with van der Waals surface area (Å²) in [7, 11) is 0. The van der Waals surface area contributed by atoms with E-state index in [1.54, 1.807) is 19.1 Å². The molecule has 0 aromatic heterocycles. The van der Waals surface area contributed by atoms with Crippen LogP contribution in [0.4, 0.5) is 10.1 Å². The summed E-state index contributed by atoms with van der Waals surface area (Å²) < 4.78 is 13.5. The van der Waals surface area contributed by atoms with Crippen LogP contribution in [0.2, 0.25) is 0 Å². The number of carbonyl (C=O) groups excluding carboxylic acids is 1. The van der Waals surface area contributed by atoms with Crippen LogP contribution >= 0.6 is 0 Å². The second-order valence-electron chi connectivity index (χ2n) is 4.19. The lowest BCUT2D eigenvalue weighted by Gasteiger charge is -2.14. The molecule has 1 atom stereocenters. The molecule has 0 saturated carbocycles. The van der Waals surface area contributed by atoms with Gasteiger partial charge in [0.1, 0.15) is 5.82 Å². The SMILES string of the molecule is CCCC(CN)C(=O)Nc1ccc(C)cc1F. The highest BCUT2D eigenvalue weighted by atomic mass is 19.1. The summed E-state index contributed by atoms with van der Waals surface area (Å²) in [4.78, 5) is 11.8. The molecule has 0 heterocycles. The van der Waals surface area contributed by atoms with Crippen molar-refractivity contribution >= 4 is 11.6 Å². The third-order valence-corrected chi connectivity index (χ3v) is 2.67. The minimum absolute atomic E-state index is 0.211. The zero-order valence-corrected chi connectivity index (χ0v) is 10.3. The Balaban J connectivity index is 2.73. The second-order valence-corrected chi connectivity index (χ2v) is 4.19. The zero-order valence-electron chi connectivity index (χ0n) is 10.3. The highest BCUT2D eigenvalue weighted by Gasteiger charge is 2.16. The molecule has 1 amide bonds. The van der Waals surface area contributed by atoms with Crippen molar-refractivity contribution in [3.63, 3.8) is 0 Å². The van der Waals surface area contributed by atoms with Gasteiger partial charge in [-0.15, -0.1) is 0 Å². The van der Waals surface area contributed by atoms with E-state index in [0.717, 1.165) is 18.4 Å². The van der Waals surface area contributed by atoms with Gasteiger partial charge in [0.2, 0.25) is 5.91 Å².